The van der Waals surface area contributed by atoms with Gasteiger partial charge in [-0.3, -0.25) is 0 Å². The van der Waals surface area contributed by atoms with Crippen molar-refractivity contribution < 1.29 is 13.7 Å². The van der Waals surface area contributed by atoms with Crippen LogP contribution in [-0.2, 0) is 13.7 Å². The van der Waals surface area contributed by atoms with Crippen molar-refractivity contribution in [2.45, 2.75) is 63.9 Å². The minimum Gasteiger partial charge on any atom is -0.344 e. The van der Waals surface area contributed by atoms with Gasteiger partial charge in [-0.05, 0) is 44.3 Å². The quantitative estimate of drug-likeness (QED) is 0.555. The lowest BCUT2D eigenvalue weighted by Crippen LogP contribution is -2.30. The van der Waals surface area contributed by atoms with Crippen molar-refractivity contribution in [2.75, 3.05) is 32.3 Å². The van der Waals surface area contributed by atoms with Crippen LogP contribution in [0.15, 0.2) is 11.1 Å². The van der Waals surface area contributed by atoms with Gasteiger partial charge in [0.05, 0.1) is 19.8 Å². The van der Waals surface area contributed by atoms with Gasteiger partial charge in [-0.1, -0.05) is 26.3 Å². The summed E-state index contributed by atoms with van der Waals surface area (Å²) in [6, 6.07) is 0. The van der Waals surface area contributed by atoms with E-state index < -0.39 is 10.3 Å². The molecule has 21 heavy (non-hydrogen) atoms. The topological polar surface area (TPSA) is 27.7 Å². The molecule has 2 aliphatic rings. The molecule has 0 N–H and O–H groups in total. The summed E-state index contributed by atoms with van der Waals surface area (Å²) in [6.07, 6.45) is 8.71. The van der Waals surface area contributed by atoms with Crippen LogP contribution in [0.4, 0.5) is 0 Å². The van der Waals surface area contributed by atoms with Crippen LogP contribution < -0.4 is 0 Å². The molecule has 0 radical (unpaired) electrons. The van der Waals surface area contributed by atoms with Crippen molar-refractivity contribution in [1.82, 2.24) is 0 Å². The van der Waals surface area contributed by atoms with Crippen molar-refractivity contribution in [1.29, 1.82) is 0 Å². The molecular weight excluding hydrogens is 284 g/mol. The van der Waals surface area contributed by atoms with E-state index in [2.05, 4.69) is 40.2 Å². The Hall–Kier alpha value is -0.0300. The summed E-state index contributed by atoms with van der Waals surface area (Å²) in [5.74, 6) is -0.378. The normalized spacial score (nSPS) is 23.3. The van der Waals surface area contributed by atoms with E-state index in [1.165, 1.54) is 11.1 Å². The van der Waals surface area contributed by atoms with E-state index in [1.54, 1.807) is 0 Å². The predicted molar refractivity (Wildman–Crippen MR) is 90.9 cm³/mol. The predicted octanol–water partition coefficient (Wildman–Crippen LogP) is 4.41. The number of hydrogen-bond acceptors (Lipinski definition) is 3. The average molecular weight is 317 g/mol. The lowest BCUT2D eigenvalue weighted by molar-refractivity contribution is -0.125. The maximum absolute atomic E-state index is 6.22. The summed E-state index contributed by atoms with van der Waals surface area (Å²) in [5.41, 5.74) is 2.84. The van der Waals surface area contributed by atoms with Crippen molar-refractivity contribution in [3.63, 3.8) is 0 Å². The molecule has 1 heterocycles. The second-order valence-electron chi connectivity index (χ2n) is 7.48. The Morgan fingerprint density at radius 1 is 1.19 bits per heavy atom. The molecule has 1 spiro atoms. The van der Waals surface area contributed by atoms with E-state index in [9.17, 15) is 0 Å². The molecule has 4 heteroatoms. The molecule has 3 nitrogen and oxygen atoms in total. The van der Waals surface area contributed by atoms with E-state index in [-0.39, 0.29) is 10.5 Å². The minimum atomic E-state index is -1.01. The molecule has 1 saturated heterocycles. The summed E-state index contributed by atoms with van der Waals surface area (Å²) in [5, 5.41) is 0. The fourth-order valence-corrected chi connectivity index (χ4v) is 3.74. The van der Waals surface area contributed by atoms with Crippen LogP contribution in [0.1, 0.15) is 53.4 Å². The van der Waals surface area contributed by atoms with Gasteiger partial charge < -0.3 is 13.7 Å². The summed E-state index contributed by atoms with van der Waals surface area (Å²) in [7, 11) is -1.01. The Bertz CT molecular complexity index is 401. The van der Waals surface area contributed by atoms with E-state index >= 15 is 0 Å². The highest BCUT2D eigenvalue weighted by molar-refractivity contribution is 8.29. The molecular formula is C17H32O3S. The number of hydrogen-bond donors (Lipinski definition) is 0. The Balaban J connectivity index is 1.85. The lowest BCUT2D eigenvalue weighted by atomic mass is 10.0. The maximum Gasteiger partial charge on any atom is 0.191 e. The van der Waals surface area contributed by atoms with Gasteiger partial charge in [0.25, 0.3) is 0 Å². The number of ether oxygens (including phenoxy) is 2. The van der Waals surface area contributed by atoms with E-state index in [0.717, 1.165) is 45.5 Å². The molecule has 0 aromatic heterocycles. The van der Waals surface area contributed by atoms with E-state index in [4.69, 9.17) is 13.7 Å². The maximum atomic E-state index is 6.22. The first kappa shape index (κ1) is 17.3. The molecule has 0 unspecified atom stereocenters. The van der Waals surface area contributed by atoms with Gasteiger partial charge in [0.1, 0.15) is 0 Å². The Morgan fingerprint density at radius 3 is 2.38 bits per heavy atom. The van der Waals surface area contributed by atoms with Crippen molar-refractivity contribution in [3.8, 4) is 0 Å². The zero-order valence-corrected chi connectivity index (χ0v) is 15.4. The van der Waals surface area contributed by atoms with Crippen LogP contribution in [0.2, 0.25) is 0 Å². The Kier molecular flexibility index (Phi) is 5.14. The molecule has 1 fully saturated rings. The summed E-state index contributed by atoms with van der Waals surface area (Å²) in [6.45, 7) is 11.3. The molecule has 0 aromatic carbocycles. The number of rotatable bonds is 5. The standard InChI is InChI=1S/C17H32O3S/c1-14-9-10-17(18-12-13-19-17)15(14)8-7-11-20-21(5,6)16(2,3)4/h7-13H2,1-6H3. The first-order chi connectivity index (χ1) is 9.68. The van der Waals surface area contributed by atoms with Crippen molar-refractivity contribution in [2.24, 2.45) is 0 Å². The first-order valence-electron chi connectivity index (χ1n) is 8.02. The van der Waals surface area contributed by atoms with Gasteiger partial charge >= 0.3 is 0 Å². The van der Waals surface area contributed by atoms with Crippen LogP contribution in [0, 0.1) is 0 Å². The van der Waals surface area contributed by atoms with Crippen LogP contribution >= 0.6 is 10.3 Å². The van der Waals surface area contributed by atoms with Gasteiger partial charge in [-0.15, -0.1) is 10.3 Å². The third-order valence-corrected chi connectivity index (χ3v) is 8.69. The molecule has 0 bridgehead atoms. The minimum absolute atomic E-state index is 0.231. The zero-order chi connectivity index (χ0) is 15.7. The molecule has 0 aromatic rings. The highest BCUT2D eigenvalue weighted by Crippen LogP contribution is 2.54. The number of allylic oxidation sites excluding steroid dienone is 1. The molecule has 0 saturated carbocycles. The van der Waals surface area contributed by atoms with Gasteiger partial charge in [0, 0.05) is 11.2 Å². The Labute approximate surface area is 131 Å². The van der Waals surface area contributed by atoms with Gasteiger partial charge in [-0.2, -0.15) is 0 Å². The molecule has 0 atom stereocenters. The summed E-state index contributed by atoms with van der Waals surface area (Å²) >= 11 is 0. The van der Waals surface area contributed by atoms with E-state index in [0.29, 0.717) is 0 Å². The zero-order valence-electron chi connectivity index (χ0n) is 14.6. The first-order valence-corrected chi connectivity index (χ1v) is 10.4. The fourth-order valence-electron chi connectivity index (χ4n) is 2.85. The largest absolute Gasteiger partial charge is 0.344 e. The SMILES string of the molecule is CC1=C(CCCOS(C)(C)C(C)(C)C)C2(CC1)OCCO2. The Morgan fingerprint density at radius 2 is 1.81 bits per heavy atom. The lowest BCUT2D eigenvalue weighted by Gasteiger charge is -2.43. The highest BCUT2D eigenvalue weighted by atomic mass is 32.3. The van der Waals surface area contributed by atoms with Gasteiger partial charge in [-0.25, -0.2) is 0 Å². The average Bonchev–Trinajstić information content (AvgIpc) is 2.95. The molecule has 1 aliphatic heterocycles. The fraction of sp³-hybridized carbons (Fsp3) is 0.882. The highest BCUT2D eigenvalue weighted by Gasteiger charge is 2.44. The van der Waals surface area contributed by atoms with E-state index in [1.807, 2.05) is 0 Å². The smallest absolute Gasteiger partial charge is 0.191 e. The molecule has 2 rings (SSSR count). The molecule has 1 aliphatic carbocycles. The third kappa shape index (κ3) is 3.66. The van der Waals surface area contributed by atoms with Crippen LogP contribution in [0.25, 0.3) is 0 Å². The monoisotopic (exact) mass is 316 g/mol. The van der Waals surface area contributed by atoms with Crippen LogP contribution in [0.3, 0.4) is 0 Å². The second kappa shape index (κ2) is 6.23. The van der Waals surface area contributed by atoms with Crippen LogP contribution in [-0.4, -0.2) is 42.9 Å². The van der Waals surface area contributed by atoms with Crippen molar-refractivity contribution in [3.05, 3.63) is 11.1 Å². The third-order valence-electron chi connectivity index (χ3n) is 4.98. The van der Waals surface area contributed by atoms with Crippen molar-refractivity contribution >= 4 is 10.3 Å². The van der Waals surface area contributed by atoms with Crippen LogP contribution in [0.5, 0.6) is 0 Å². The molecule has 124 valence electrons. The summed E-state index contributed by atoms with van der Waals surface area (Å²) in [4.78, 5) is 0. The van der Waals surface area contributed by atoms with Gasteiger partial charge in [0.15, 0.2) is 5.79 Å². The molecule has 0 amide bonds. The second-order valence-corrected chi connectivity index (χ2v) is 11.4. The summed E-state index contributed by atoms with van der Waals surface area (Å²) < 4.78 is 18.3. The van der Waals surface area contributed by atoms with Gasteiger partial charge in [0.2, 0.25) is 0 Å².